The summed E-state index contributed by atoms with van der Waals surface area (Å²) >= 11 is 0. The zero-order valence-electron chi connectivity index (χ0n) is 11.2. The molecule has 0 saturated carbocycles. The maximum Gasteiger partial charge on any atom is 0.243 e. The number of hydrogen-bond acceptors (Lipinski definition) is 3. The molecular formula is C14H14F2N2O2S. The van der Waals surface area contributed by atoms with E-state index in [4.69, 9.17) is 5.73 Å². The van der Waals surface area contributed by atoms with Crippen LogP contribution in [0.15, 0.2) is 41.3 Å². The van der Waals surface area contributed by atoms with E-state index in [2.05, 4.69) is 4.72 Å². The smallest absolute Gasteiger partial charge is 0.243 e. The highest BCUT2D eigenvalue weighted by Gasteiger charge is 2.22. The van der Waals surface area contributed by atoms with Crippen molar-refractivity contribution in [1.82, 2.24) is 4.72 Å². The van der Waals surface area contributed by atoms with Gasteiger partial charge in [0.05, 0.1) is 0 Å². The molecule has 112 valence electrons. The first-order valence-corrected chi connectivity index (χ1v) is 7.58. The van der Waals surface area contributed by atoms with Gasteiger partial charge in [0.1, 0.15) is 4.90 Å². The van der Waals surface area contributed by atoms with Crippen molar-refractivity contribution in [3.8, 4) is 0 Å². The lowest BCUT2D eigenvalue weighted by molar-refractivity contribution is 0.484. The Morgan fingerprint density at radius 3 is 2.52 bits per heavy atom. The summed E-state index contributed by atoms with van der Waals surface area (Å²) in [4.78, 5) is -0.798. The molecular weight excluding hydrogens is 298 g/mol. The third-order valence-electron chi connectivity index (χ3n) is 3.02. The molecule has 0 radical (unpaired) electrons. The molecule has 2 aromatic rings. The van der Waals surface area contributed by atoms with Crippen LogP contribution in [0.3, 0.4) is 0 Å². The quantitative estimate of drug-likeness (QED) is 0.851. The van der Waals surface area contributed by atoms with Crippen LogP contribution in [0.5, 0.6) is 0 Å². The summed E-state index contributed by atoms with van der Waals surface area (Å²) in [6, 6.07) is 8.77. The molecule has 2 rings (SSSR count). The van der Waals surface area contributed by atoms with Crippen molar-refractivity contribution in [1.29, 1.82) is 0 Å². The highest BCUT2D eigenvalue weighted by Crippen LogP contribution is 2.21. The first-order valence-electron chi connectivity index (χ1n) is 6.10. The van der Waals surface area contributed by atoms with E-state index in [9.17, 15) is 17.2 Å². The molecule has 0 saturated heterocycles. The van der Waals surface area contributed by atoms with Gasteiger partial charge < -0.3 is 5.73 Å². The first kappa shape index (κ1) is 15.4. The Morgan fingerprint density at radius 1 is 1.19 bits per heavy atom. The van der Waals surface area contributed by atoms with Gasteiger partial charge in [-0.2, -0.15) is 0 Å². The fourth-order valence-electron chi connectivity index (χ4n) is 1.84. The number of nitrogens with one attached hydrogen (secondary N) is 1. The lowest BCUT2D eigenvalue weighted by Gasteiger charge is -2.10. The number of nitrogen functional groups attached to an aromatic ring is 1. The minimum Gasteiger partial charge on any atom is -0.399 e. The summed E-state index contributed by atoms with van der Waals surface area (Å²) in [5.74, 6) is -2.74. The number of benzene rings is 2. The number of aryl methyl sites for hydroxylation is 1. The number of nitrogens with two attached hydrogens (primary N) is 1. The van der Waals surface area contributed by atoms with E-state index in [0.717, 1.165) is 23.3 Å². The molecule has 0 amide bonds. The van der Waals surface area contributed by atoms with Gasteiger partial charge in [-0.05, 0) is 30.2 Å². The van der Waals surface area contributed by atoms with Crippen molar-refractivity contribution in [2.75, 3.05) is 5.73 Å². The molecule has 0 aliphatic rings. The van der Waals surface area contributed by atoms with Crippen LogP contribution in [0.4, 0.5) is 14.5 Å². The second kappa shape index (κ2) is 5.79. The molecule has 0 fully saturated rings. The molecule has 2 aromatic carbocycles. The number of hydrogen-bond donors (Lipinski definition) is 2. The van der Waals surface area contributed by atoms with Crippen molar-refractivity contribution in [2.45, 2.75) is 18.4 Å². The summed E-state index contributed by atoms with van der Waals surface area (Å²) in [6.07, 6.45) is 0. The predicted octanol–water partition coefficient (Wildman–Crippen LogP) is 2.33. The molecule has 21 heavy (non-hydrogen) atoms. The van der Waals surface area contributed by atoms with Crippen molar-refractivity contribution < 1.29 is 17.2 Å². The Bertz CT molecular complexity index is 777. The maximum absolute atomic E-state index is 13.6. The molecule has 0 heterocycles. The molecule has 0 aromatic heterocycles. The number of halogens is 2. The molecule has 0 atom stereocenters. The Balaban J connectivity index is 2.30. The van der Waals surface area contributed by atoms with Gasteiger partial charge in [0.25, 0.3) is 0 Å². The minimum atomic E-state index is -4.20. The topological polar surface area (TPSA) is 72.2 Å². The third-order valence-corrected chi connectivity index (χ3v) is 4.42. The lowest BCUT2D eigenvalue weighted by Crippen LogP contribution is -2.25. The van der Waals surface area contributed by atoms with Crippen LogP contribution >= 0.6 is 0 Å². The molecule has 3 N–H and O–H groups in total. The second-order valence-corrected chi connectivity index (χ2v) is 6.30. The van der Waals surface area contributed by atoms with E-state index in [-0.39, 0.29) is 12.2 Å². The normalized spacial score (nSPS) is 11.6. The molecule has 0 unspecified atom stereocenters. The van der Waals surface area contributed by atoms with Gasteiger partial charge in [-0.25, -0.2) is 21.9 Å². The summed E-state index contributed by atoms with van der Waals surface area (Å²) in [7, 11) is -4.20. The predicted molar refractivity (Wildman–Crippen MR) is 76.0 cm³/mol. The Hall–Kier alpha value is -1.99. The minimum absolute atomic E-state index is 0.0230. The fraction of sp³-hybridized carbons (Fsp3) is 0.143. The van der Waals surface area contributed by atoms with Gasteiger partial charge in [0.2, 0.25) is 10.0 Å². The molecule has 0 aliphatic carbocycles. The van der Waals surface area contributed by atoms with Crippen molar-refractivity contribution in [3.63, 3.8) is 0 Å². The summed E-state index contributed by atoms with van der Waals surface area (Å²) in [5, 5.41) is 0. The van der Waals surface area contributed by atoms with Crippen LogP contribution in [0, 0.1) is 18.6 Å². The zero-order chi connectivity index (χ0) is 15.6. The van der Waals surface area contributed by atoms with Crippen LogP contribution in [-0.4, -0.2) is 8.42 Å². The van der Waals surface area contributed by atoms with Gasteiger partial charge in [0.15, 0.2) is 11.6 Å². The molecule has 0 spiro atoms. The van der Waals surface area contributed by atoms with Gasteiger partial charge >= 0.3 is 0 Å². The average Bonchev–Trinajstić information content (AvgIpc) is 2.42. The standard InChI is InChI=1S/C14H14F2N2O2S/c1-9-4-2-3-5-10(9)8-18-21(19,20)13-7-11(17)6-12(15)14(13)16/h2-7,18H,8,17H2,1H3. The van der Waals surface area contributed by atoms with E-state index in [1.54, 1.807) is 12.1 Å². The average molecular weight is 312 g/mol. The Morgan fingerprint density at radius 2 is 1.86 bits per heavy atom. The Labute approximate surface area is 121 Å². The van der Waals surface area contributed by atoms with Gasteiger partial charge in [-0.1, -0.05) is 24.3 Å². The molecule has 0 aliphatic heterocycles. The molecule has 0 bridgehead atoms. The summed E-state index contributed by atoms with van der Waals surface area (Å²) in [6.45, 7) is 1.80. The van der Waals surface area contributed by atoms with E-state index in [1.165, 1.54) is 0 Å². The maximum atomic E-state index is 13.6. The van der Waals surface area contributed by atoms with Crippen molar-refractivity contribution in [3.05, 3.63) is 59.2 Å². The largest absolute Gasteiger partial charge is 0.399 e. The van der Waals surface area contributed by atoms with Crippen molar-refractivity contribution in [2.24, 2.45) is 0 Å². The van der Waals surface area contributed by atoms with E-state index >= 15 is 0 Å². The highest BCUT2D eigenvalue weighted by molar-refractivity contribution is 7.89. The molecule has 4 nitrogen and oxygen atoms in total. The van der Waals surface area contributed by atoms with E-state index in [1.807, 2.05) is 19.1 Å². The second-order valence-electron chi connectivity index (χ2n) is 4.57. The SMILES string of the molecule is Cc1ccccc1CNS(=O)(=O)c1cc(N)cc(F)c1F. The number of rotatable bonds is 4. The monoisotopic (exact) mass is 312 g/mol. The summed E-state index contributed by atoms with van der Waals surface area (Å²) < 4.78 is 53.3. The third kappa shape index (κ3) is 3.37. The van der Waals surface area contributed by atoms with Crippen LogP contribution in [-0.2, 0) is 16.6 Å². The van der Waals surface area contributed by atoms with Gasteiger partial charge in [-0.15, -0.1) is 0 Å². The van der Waals surface area contributed by atoms with Crippen LogP contribution in [0.25, 0.3) is 0 Å². The van der Waals surface area contributed by atoms with E-state index < -0.39 is 26.6 Å². The number of sulfonamides is 1. The van der Waals surface area contributed by atoms with Crippen LogP contribution in [0.2, 0.25) is 0 Å². The van der Waals surface area contributed by atoms with Crippen LogP contribution in [0.1, 0.15) is 11.1 Å². The molecule has 7 heteroatoms. The first-order chi connectivity index (χ1) is 9.81. The lowest BCUT2D eigenvalue weighted by atomic mass is 10.1. The van der Waals surface area contributed by atoms with E-state index in [0.29, 0.717) is 0 Å². The highest BCUT2D eigenvalue weighted by atomic mass is 32.2. The van der Waals surface area contributed by atoms with Gasteiger partial charge in [-0.3, -0.25) is 0 Å². The summed E-state index contributed by atoms with van der Waals surface area (Å²) in [5.41, 5.74) is 6.83. The van der Waals surface area contributed by atoms with Gasteiger partial charge in [0, 0.05) is 12.2 Å². The van der Waals surface area contributed by atoms with Crippen LogP contribution < -0.4 is 10.5 Å². The fourth-order valence-corrected chi connectivity index (χ4v) is 2.96. The Kier molecular flexibility index (Phi) is 4.24. The number of anilines is 1. The zero-order valence-corrected chi connectivity index (χ0v) is 12.0. The van der Waals surface area contributed by atoms with Crippen molar-refractivity contribution >= 4 is 15.7 Å².